The Morgan fingerprint density at radius 3 is 1.16 bits per heavy atom. The Morgan fingerprint density at radius 2 is 0.860 bits per heavy atom. The maximum Gasteiger partial charge on any atom is 0.469 e. The zero-order valence-electron chi connectivity index (χ0n) is 28.7. The molecule has 0 aromatic heterocycles. The van der Waals surface area contributed by atoms with E-state index in [9.17, 15) is 4.57 Å². The van der Waals surface area contributed by atoms with E-state index in [1.165, 1.54) is 167 Å². The van der Waals surface area contributed by atoms with E-state index in [4.69, 9.17) is 23.8 Å². The molecule has 1 atom stereocenters. The van der Waals surface area contributed by atoms with Crippen LogP contribution in [0, 0.1) is 0 Å². The normalized spacial score (nSPS) is 16.8. The van der Waals surface area contributed by atoms with E-state index in [2.05, 4.69) is 13.8 Å². The molecule has 258 valence electrons. The zero-order chi connectivity index (χ0) is 31.3. The fraction of sp³-hybridized carbons (Fsp3) is 1.00. The quantitative estimate of drug-likeness (QED) is 0.0553. The first-order valence-corrected chi connectivity index (χ1v) is 20.5. The molecule has 2 N–H and O–H groups in total. The summed E-state index contributed by atoms with van der Waals surface area (Å²) in [6.07, 6.45) is 38.7. The molecule has 0 spiro atoms. The van der Waals surface area contributed by atoms with Crippen molar-refractivity contribution in [2.45, 2.75) is 218 Å². The lowest BCUT2D eigenvalue weighted by atomic mass is 9.98. The second kappa shape index (κ2) is 28.3. The summed E-state index contributed by atoms with van der Waals surface area (Å²) < 4.78 is 28.4. The van der Waals surface area contributed by atoms with Crippen molar-refractivity contribution in [3.63, 3.8) is 0 Å². The van der Waals surface area contributed by atoms with Crippen molar-refractivity contribution < 1.29 is 28.3 Å². The third-order valence-electron chi connectivity index (χ3n) is 9.16. The Balaban J connectivity index is 2.16. The molecule has 0 aliphatic carbocycles. The summed E-state index contributed by atoms with van der Waals surface area (Å²) in [4.78, 5) is 18.2. The molecule has 43 heavy (non-hydrogen) atoms. The number of ether oxygens (including phenoxy) is 2. The first-order valence-electron chi connectivity index (χ1n) is 18.9. The van der Waals surface area contributed by atoms with Crippen LogP contribution in [-0.2, 0) is 18.6 Å². The molecule has 0 unspecified atom stereocenters. The summed E-state index contributed by atoms with van der Waals surface area (Å²) in [6.45, 7) is 4.78. The van der Waals surface area contributed by atoms with Crippen LogP contribution < -0.4 is 0 Å². The molecule has 1 heterocycles. The van der Waals surface area contributed by atoms with Gasteiger partial charge in [0.1, 0.15) is 6.10 Å². The van der Waals surface area contributed by atoms with Crippen molar-refractivity contribution in [2.75, 3.05) is 13.2 Å². The van der Waals surface area contributed by atoms with Crippen LogP contribution in [0.25, 0.3) is 0 Å². The van der Waals surface area contributed by atoms with E-state index in [-0.39, 0.29) is 6.61 Å². The summed E-state index contributed by atoms with van der Waals surface area (Å²) in [5, 5.41) is 0. The van der Waals surface area contributed by atoms with E-state index in [1.54, 1.807) is 0 Å². The van der Waals surface area contributed by atoms with E-state index >= 15 is 0 Å². The number of phosphoric ester groups is 1. The second-order valence-corrected chi connectivity index (χ2v) is 14.7. The van der Waals surface area contributed by atoms with Gasteiger partial charge in [0.15, 0.2) is 5.79 Å². The van der Waals surface area contributed by atoms with Crippen LogP contribution >= 0.6 is 7.82 Å². The standard InChI is InChI=1S/C36H73O6P/c1-3-5-7-9-11-13-15-17-19-21-23-25-27-29-31-36(40-33-35(42-36)34-41-43(37,38)39)32-30-28-26-24-22-20-18-16-14-12-10-8-6-4-2/h35H,3-34H2,1-2H3,(H2,37,38,39)/t35-/m1/s1. The van der Waals surface area contributed by atoms with Crippen LogP contribution in [0.3, 0.4) is 0 Å². The van der Waals surface area contributed by atoms with E-state index in [0.29, 0.717) is 6.61 Å². The molecule has 0 saturated carbocycles. The fourth-order valence-corrected chi connectivity index (χ4v) is 6.80. The molecule has 1 aliphatic rings. The van der Waals surface area contributed by atoms with E-state index in [1.807, 2.05) is 0 Å². The lowest BCUT2D eigenvalue weighted by molar-refractivity contribution is -0.182. The molecule has 6 nitrogen and oxygen atoms in total. The Hall–Kier alpha value is 0.0300. The number of unbranched alkanes of at least 4 members (excludes halogenated alkanes) is 26. The minimum absolute atomic E-state index is 0.122. The van der Waals surface area contributed by atoms with Crippen LogP contribution in [0.1, 0.15) is 206 Å². The molecule has 0 aromatic carbocycles. The highest BCUT2D eigenvalue weighted by atomic mass is 31.2. The highest BCUT2D eigenvalue weighted by Crippen LogP contribution is 2.39. The molecule has 1 aliphatic heterocycles. The minimum atomic E-state index is -4.50. The van der Waals surface area contributed by atoms with Crippen molar-refractivity contribution in [1.29, 1.82) is 0 Å². The van der Waals surface area contributed by atoms with Crippen LogP contribution in [0.5, 0.6) is 0 Å². The fourth-order valence-electron chi connectivity index (χ4n) is 6.44. The van der Waals surface area contributed by atoms with Gasteiger partial charge in [0.2, 0.25) is 0 Å². The molecule has 1 rings (SSSR count). The molecule has 0 amide bonds. The van der Waals surface area contributed by atoms with Crippen molar-refractivity contribution in [1.82, 2.24) is 0 Å². The molecule has 0 bridgehead atoms. The predicted molar refractivity (Wildman–Crippen MR) is 181 cm³/mol. The van der Waals surface area contributed by atoms with Crippen molar-refractivity contribution in [2.24, 2.45) is 0 Å². The van der Waals surface area contributed by atoms with Crippen LogP contribution in [-0.4, -0.2) is 34.9 Å². The van der Waals surface area contributed by atoms with Crippen molar-refractivity contribution >= 4 is 7.82 Å². The van der Waals surface area contributed by atoms with Gasteiger partial charge >= 0.3 is 7.82 Å². The monoisotopic (exact) mass is 633 g/mol. The van der Waals surface area contributed by atoms with Gasteiger partial charge in [-0.1, -0.05) is 181 Å². The average molecular weight is 633 g/mol. The first kappa shape index (κ1) is 41.1. The third-order valence-corrected chi connectivity index (χ3v) is 9.65. The molecule has 0 radical (unpaired) electrons. The number of rotatable bonds is 33. The summed E-state index contributed by atoms with van der Waals surface area (Å²) in [6, 6.07) is 0. The van der Waals surface area contributed by atoms with Gasteiger partial charge in [-0.15, -0.1) is 0 Å². The Bertz CT molecular complexity index is 607. The lowest BCUT2D eigenvalue weighted by Crippen LogP contribution is -2.32. The Labute approximate surface area is 267 Å². The largest absolute Gasteiger partial charge is 0.469 e. The number of phosphoric acid groups is 1. The van der Waals surface area contributed by atoms with Crippen molar-refractivity contribution in [3.05, 3.63) is 0 Å². The highest BCUT2D eigenvalue weighted by molar-refractivity contribution is 7.46. The molecule has 1 fully saturated rings. The topological polar surface area (TPSA) is 85.2 Å². The smallest absolute Gasteiger partial charge is 0.347 e. The van der Waals surface area contributed by atoms with Crippen LogP contribution in [0.15, 0.2) is 0 Å². The molecular formula is C36H73O6P. The minimum Gasteiger partial charge on any atom is -0.347 e. The SMILES string of the molecule is CCCCCCCCCCCCCCCCC1(CCCCCCCCCCCCCCCC)OC[C@H](COP(=O)(O)O)O1. The highest BCUT2D eigenvalue weighted by Gasteiger charge is 2.41. The van der Waals surface area contributed by atoms with Gasteiger partial charge in [0, 0.05) is 12.8 Å². The number of hydrogen-bond acceptors (Lipinski definition) is 4. The molecule has 0 aromatic rings. The molecule has 1 saturated heterocycles. The summed E-state index contributed by atoms with van der Waals surface area (Å²) in [5.74, 6) is -0.614. The van der Waals surface area contributed by atoms with Gasteiger partial charge in [-0.2, -0.15) is 0 Å². The third kappa shape index (κ3) is 25.9. The Kier molecular flexibility index (Phi) is 27.0. The van der Waals surface area contributed by atoms with E-state index in [0.717, 1.165) is 25.7 Å². The van der Waals surface area contributed by atoms with Gasteiger partial charge in [0.25, 0.3) is 0 Å². The summed E-state index contributed by atoms with van der Waals surface area (Å²) >= 11 is 0. The zero-order valence-corrected chi connectivity index (χ0v) is 29.6. The molecular weight excluding hydrogens is 559 g/mol. The maximum atomic E-state index is 11.2. The lowest BCUT2D eigenvalue weighted by Gasteiger charge is -2.28. The van der Waals surface area contributed by atoms with Crippen molar-refractivity contribution in [3.8, 4) is 0 Å². The van der Waals surface area contributed by atoms with Gasteiger partial charge in [-0.3, -0.25) is 4.52 Å². The predicted octanol–water partition coefficient (Wildman–Crippen LogP) is 12.0. The second-order valence-electron chi connectivity index (χ2n) is 13.4. The molecule has 7 heteroatoms. The van der Waals surface area contributed by atoms with Gasteiger partial charge in [-0.25, -0.2) is 4.57 Å². The van der Waals surface area contributed by atoms with Gasteiger partial charge in [-0.05, 0) is 12.8 Å². The maximum absolute atomic E-state index is 11.2. The Morgan fingerprint density at radius 1 is 0.558 bits per heavy atom. The summed E-state index contributed by atoms with van der Waals surface area (Å²) in [7, 11) is -4.50. The summed E-state index contributed by atoms with van der Waals surface area (Å²) in [5.41, 5.74) is 0. The average Bonchev–Trinajstić information content (AvgIpc) is 3.39. The first-order chi connectivity index (χ1) is 20.9. The van der Waals surface area contributed by atoms with Crippen LogP contribution in [0.4, 0.5) is 0 Å². The van der Waals surface area contributed by atoms with Crippen LogP contribution in [0.2, 0.25) is 0 Å². The number of hydrogen-bond donors (Lipinski definition) is 2. The van der Waals surface area contributed by atoms with Gasteiger partial charge in [0.05, 0.1) is 13.2 Å². The van der Waals surface area contributed by atoms with E-state index < -0.39 is 19.7 Å². The van der Waals surface area contributed by atoms with Gasteiger partial charge < -0.3 is 19.3 Å².